The molecule has 0 aliphatic rings. The molecule has 0 bridgehead atoms. The number of methoxy groups -OCH3 is 1. The third kappa shape index (κ3) is 2.57. The number of nitrogens with zero attached hydrogens (tertiary/aromatic N) is 1. The van der Waals surface area contributed by atoms with E-state index in [-0.39, 0.29) is 5.69 Å². The van der Waals surface area contributed by atoms with Crippen LogP contribution in [-0.2, 0) is 4.74 Å². The van der Waals surface area contributed by atoms with Gasteiger partial charge < -0.3 is 14.6 Å². The zero-order valence-electron chi connectivity index (χ0n) is 11.6. The number of aryl methyl sites for hydroxylation is 2. The largest absolute Gasteiger partial charge is 0.465 e. The zero-order chi connectivity index (χ0) is 14.9. The van der Waals surface area contributed by atoms with E-state index < -0.39 is 11.9 Å². The summed E-state index contributed by atoms with van der Waals surface area (Å²) in [5.74, 6) is -0.353. The van der Waals surface area contributed by atoms with Crippen LogP contribution in [0.5, 0.6) is 0 Å². The van der Waals surface area contributed by atoms with E-state index in [1.807, 2.05) is 13.8 Å². The summed E-state index contributed by atoms with van der Waals surface area (Å²) in [4.78, 5) is 24.8. The Kier molecular flexibility index (Phi) is 3.89. The average Bonchev–Trinajstić information content (AvgIpc) is 2.94. The van der Waals surface area contributed by atoms with Crippen LogP contribution in [0.4, 0.5) is 5.00 Å². The lowest BCUT2D eigenvalue weighted by Crippen LogP contribution is -2.14. The number of hydrogen-bond acceptors (Lipinski definition) is 6. The van der Waals surface area contributed by atoms with E-state index in [1.54, 1.807) is 6.92 Å². The number of rotatable bonds is 3. The van der Waals surface area contributed by atoms with Crippen LogP contribution < -0.4 is 5.32 Å². The van der Waals surface area contributed by atoms with Crippen LogP contribution in [0.2, 0.25) is 0 Å². The Labute approximate surface area is 119 Å². The van der Waals surface area contributed by atoms with Gasteiger partial charge in [-0.3, -0.25) is 4.79 Å². The third-order valence-corrected chi connectivity index (χ3v) is 3.99. The van der Waals surface area contributed by atoms with E-state index in [1.165, 1.54) is 24.5 Å². The first kappa shape index (κ1) is 14.3. The molecule has 0 saturated heterocycles. The van der Waals surface area contributed by atoms with E-state index in [0.717, 1.165) is 10.4 Å². The van der Waals surface area contributed by atoms with Crippen molar-refractivity contribution in [3.63, 3.8) is 0 Å². The Bertz CT molecular complexity index is 672. The van der Waals surface area contributed by atoms with Gasteiger partial charge in [0.25, 0.3) is 5.91 Å². The summed E-state index contributed by atoms with van der Waals surface area (Å²) < 4.78 is 9.60. The van der Waals surface area contributed by atoms with Gasteiger partial charge in [0.15, 0.2) is 5.69 Å². The Morgan fingerprint density at radius 2 is 2.05 bits per heavy atom. The second kappa shape index (κ2) is 5.46. The van der Waals surface area contributed by atoms with Gasteiger partial charge in [0.1, 0.15) is 10.8 Å². The van der Waals surface area contributed by atoms with E-state index in [2.05, 4.69) is 10.5 Å². The molecule has 0 aliphatic carbocycles. The molecule has 20 heavy (non-hydrogen) atoms. The number of hydrogen-bond donors (Lipinski definition) is 1. The number of carbonyl (C=O) groups excluding carboxylic acids is 2. The molecule has 106 valence electrons. The minimum Gasteiger partial charge on any atom is -0.465 e. The van der Waals surface area contributed by atoms with E-state index >= 15 is 0 Å². The molecule has 7 heteroatoms. The van der Waals surface area contributed by atoms with Crippen LogP contribution >= 0.6 is 11.3 Å². The van der Waals surface area contributed by atoms with Crippen LogP contribution in [0.3, 0.4) is 0 Å². The quantitative estimate of drug-likeness (QED) is 0.880. The van der Waals surface area contributed by atoms with Gasteiger partial charge in [-0.15, -0.1) is 11.3 Å². The van der Waals surface area contributed by atoms with Crippen molar-refractivity contribution in [1.82, 2.24) is 5.16 Å². The van der Waals surface area contributed by atoms with Crippen molar-refractivity contribution >= 4 is 28.2 Å². The van der Waals surface area contributed by atoms with Crippen molar-refractivity contribution in [2.24, 2.45) is 0 Å². The molecule has 1 N–H and O–H groups in total. The number of anilines is 1. The number of carbonyl (C=O) groups is 2. The highest BCUT2D eigenvalue weighted by molar-refractivity contribution is 7.16. The second-order valence-corrected chi connectivity index (χ2v) is 5.48. The Hall–Kier alpha value is -2.15. The summed E-state index contributed by atoms with van der Waals surface area (Å²) in [6, 6.07) is 1.53. The van der Waals surface area contributed by atoms with E-state index in [9.17, 15) is 9.59 Å². The Morgan fingerprint density at radius 1 is 1.35 bits per heavy atom. The molecule has 0 atom stereocenters. The molecule has 0 aromatic carbocycles. The molecule has 0 saturated carbocycles. The Balaban J connectivity index is 2.32. The maximum absolute atomic E-state index is 12.0. The first-order chi connectivity index (χ1) is 9.43. The summed E-state index contributed by atoms with van der Waals surface area (Å²) in [5, 5.41) is 6.77. The lowest BCUT2D eigenvalue weighted by Gasteiger charge is -2.04. The lowest BCUT2D eigenvalue weighted by molar-refractivity contribution is 0.0601. The summed E-state index contributed by atoms with van der Waals surface area (Å²) in [6.45, 7) is 5.39. The van der Waals surface area contributed by atoms with Crippen molar-refractivity contribution < 1.29 is 18.8 Å². The van der Waals surface area contributed by atoms with Crippen molar-refractivity contribution in [3.8, 4) is 0 Å². The highest BCUT2D eigenvalue weighted by atomic mass is 32.1. The molecular formula is C13H14N2O4S. The van der Waals surface area contributed by atoms with Crippen LogP contribution in [0.15, 0.2) is 10.6 Å². The zero-order valence-corrected chi connectivity index (χ0v) is 12.4. The maximum Gasteiger partial charge on any atom is 0.341 e. The first-order valence-corrected chi connectivity index (χ1v) is 6.68. The molecule has 6 nitrogen and oxygen atoms in total. The SMILES string of the molecule is COC(=O)c1c(NC(=O)c2cc(C)on2)sc(C)c1C. The van der Waals surface area contributed by atoms with Gasteiger partial charge in [0, 0.05) is 10.9 Å². The predicted molar refractivity (Wildman–Crippen MR) is 74.3 cm³/mol. The highest BCUT2D eigenvalue weighted by Gasteiger charge is 2.22. The smallest absolute Gasteiger partial charge is 0.341 e. The average molecular weight is 294 g/mol. The summed E-state index contributed by atoms with van der Waals surface area (Å²) in [7, 11) is 1.31. The van der Waals surface area contributed by atoms with Crippen LogP contribution in [0.1, 0.15) is 37.0 Å². The number of aromatic nitrogens is 1. The third-order valence-electron chi connectivity index (χ3n) is 2.86. The lowest BCUT2D eigenvalue weighted by atomic mass is 10.1. The fraction of sp³-hybridized carbons (Fsp3) is 0.308. The minimum absolute atomic E-state index is 0.169. The normalized spacial score (nSPS) is 10.4. The van der Waals surface area contributed by atoms with Gasteiger partial charge >= 0.3 is 5.97 Å². The fourth-order valence-corrected chi connectivity index (χ4v) is 2.75. The molecule has 0 unspecified atom stereocenters. The van der Waals surface area contributed by atoms with E-state index in [4.69, 9.17) is 9.26 Å². The van der Waals surface area contributed by atoms with Gasteiger partial charge in [-0.2, -0.15) is 0 Å². The topological polar surface area (TPSA) is 81.4 Å². The maximum atomic E-state index is 12.0. The van der Waals surface area contributed by atoms with Crippen LogP contribution in [0.25, 0.3) is 0 Å². The first-order valence-electron chi connectivity index (χ1n) is 5.87. The molecule has 0 spiro atoms. The molecule has 0 aliphatic heterocycles. The van der Waals surface area contributed by atoms with E-state index in [0.29, 0.717) is 16.3 Å². The summed E-state index contributed by atoms with van der Waals surface area (Å²) in [6.07, 6.45) is 0. The molecule has 0 radical (unpaired) electrons. The van der Waals surface area contributed by atoms with Crippen LogP contribution in [-0.4, -0.2) is 24.1 Å². The van der Waals surface area contributed by atoms with Crippen LogP contribution in [0, 0.1) is 20.8 Å². The number of thiophene rings is 1. The Morgan fingerprint density at radius 3 is 2.60 bits per heavy atom. The number of amides is 1. The van der Waals surface area contributed by atoms with Gasteiger partial charge in [0.2, 0.25) is 0 Å². The number of nitrogens with one attached hydrogen (secondary N) is 1. The molecular weight excluding hydrogens is 280 g/mol. The molecule has 1 amide bonds. The van der Waals surface area contributed by atoms with Crippen molar-refractivity contribution in [3.05, 3.63) is 33.5 Å². The number of esters is 1. The summed E-state index contributed by atoms with van der Waals surface area (Å²) >= 11 is 1.32. The monoisotopic (exact) mass is 294 g/mol. The summed E-state index contributed by atoms with van der Waals surface area (Å²) in [5.41, 5.74) is 1.35. The molecule has 2 aromatic heterocycles. The van der Waals surface area contributed by atoms with Gasteiger partial charge in [-0.05, 0) is 26.3 Å². The minimum atomic E-state index is -0.474. The molecule has 2 aromatic rings. The predicted octanol–water partition coefficient (Wildman–Crippen LogP) is 2.70. The molecule has 2 rings (SSSR count). The number of ether oxygens (including phenoxy) is 1. The van der Waals surface area contributed by atoms with Crippen molar-refractivity contribution in [2.75, 3.05) is 12.4 Å². The molecule has 2 heterocycles. The standard InChI is InChI=1S/C13H14N2O4S/c1-6-5-9(15-19-6)11(16)14-12-10(13(17)18-4)7(2)8(3)20-12/h5H,1-4H3,(H,14,16). The van der Waals surface area contributed by atoms with Crippen molar-refractivity contribution in [2.45, 2.75) is 20.8 Å². The van der Waals surface area contributed by atoms with Crippen molar-refractivity contribution in [1.29, 1.82) is 0 Å². The molecule has 0 fully saturated rings. The fourth-order valence-electron chi connectivity index (χ4n) is 1.70. The van der Waals surface area contributed by atoms with Gasteiger partial charge in [-0.25, -0.2) is 4.79 Å². The van der Waals surface area contributed by atoms with Gasteiger partial charge in [0.05, 0.1) is 12.7 Å². The van der Waals surface area contributed by atoms with Gasteiger partial charge in [-0.1, -0.05) is 5.16 Å². The second-order valence-electron chi connectivity index (χ2n) is 4.26. The highest BCUT2D eigenvalue weighted by Crippen LogP contribution is 2.33.